The van der Waals surface area contributed by atoms with Crippen molar-refractivity contribution in [1.29, 1.82) is 0 Å². The quantitative estimate of drug-likeness (QED) is 0.918. The minimum Gasteiger partial charge on any atom is -0.487 e. The van der Waals surface area contributed by atoms with Crippen LogP contribution in [0.1, 0.15) is 44.4 Å². The first-order valence-electron chi connectivity index (χ1n) is 8.19. The number of benzene rings is 1. The largest absolute Gasteiger partial charge is 0.487 e. The van der Waals surface area contributed by atoms with Gasteiger partial charge in [-0.15, -0.1) is 0 Å². The van der Waals surface area contributed by atoms with Gasteiger partial charge in [0.2, 0.25) is 5.91 Å². The van der Waals surface area contributed by atoms with Crippen LogP contribution in [0.15, 0.2) is 42.7 Å². The molecule has 4 heteroatoms. The predicted molar refractivity (Wildman–Crippen MR) is 90.5 cm³/mol. The summed E-state index contributed by atoms with van der Waals surface area (Å²) in [5.41, 5.74) is 2.20. The molecule has 1 aromatic heterocycles. The molecule has 0 saturated heterocycles. The van der Waals surface area contributed by atoms with Crippen LogP contribution >= 0.6 is 0 Å². The fourth-order valence-electron chi connectivity index (χ4n) is 3.17. The lowest BCUT2D eigenvalue weighted by atomic mass is 10.0. The van der Waals surface area contributed by atoms with Crippen LogP contribution in [0.2, 0.25) is 0 Å². The average molecular weight is 312 g/mol. The fourth-order valence-corrected chi connectivity index (χ4v) is 3.17. The second-order valence-electron chi connectivity index (χ2n) is 6.75. The van der Waals surface area contributed by atoms with Gasteiger partial charge in [-0.2, -0.15) is 0 Å². The Kier molecular flexibility index (Phi) is 4.16. The van der Waals surface area contributed by atoms with Crippen LogP contribution in [0.3, 0.4) is 0 Å². The summed E-state index contributed by atoms with van der Waals surface area (Å²) in [7, 11) is 0. The molecule has 0 aliphatic carbocycles. The molecule has 3 rings (SSSR count). The van der Waals surface area contributed by atoms with E-state index < -0.39 is 0 Å². The zero-order chi connectivity index (χ0) is 16.4. The van der Waals surface area contributed by atoms with Crippen LogP contribution in [0.4, 0.5) is 0 Å². The van der Waals surface area contributed by atoms with E-state index in [0.717, 1.165) is 24.2 Å². The van der Waals surface area contributed by atoms with Gasteiger partial charge in [-0.05, 0) is 49.6 Å². The van der Waals surface area contributed by atoms with Gasteiger partial charge in [0.05, 0.1) is 0 Å². The Morgan fingerprint density at radius 2 is 2.09 bits per heavy atom. The van der Waals surface area contributed by atoms with Gasteiger partial charge >= 0.3 is 0 Å². The van der Waals surface area contributed by atoms with E-state index in [1.165, 1.54) is 5.56 Å². The molecule has 2 aromatic rings. The minimum absolute atomic E-state index is 0.0563. The number of carbonyl (C=O) groups excluding carboxylic acids is 1. The highest BCUT2D eigenvalue weighted by Crippen LogP contribution is 2.35. The first-order chi connectivity index (χ1) is 11.0. The van der Waals surface area contributed by atoms with Gasteiger partial charge in [-0.25, -0.2) is 0 Å². The third-order valence-corrected chi connectivity index (χ3v) is 4.27. The maximum atomic E-state index is 12.4. The molecule has 23 heavy (non-hydrogen) atoms. The number of nitrogens with zero attached hydrogens (tertiary/aromatic N) is 1. The third kappa shape index (κ3) is 3.41. The van der Waals surface area contributed by atoms with Crippen molar-refractivity contribution in [2.75, 3.05) is 0 Å². The molecule has 1 N–H and O–H groups in total. The molecule has 0 bridgehead atoms. The number of carbonyl (C=O) groups is 1. The highest BCUT2D eigenvalue weighted by molar-refractivity contribution is 5.80. The van der Waals surface area contributed by atoms with Crippen LogP contribution in [-0.4, -0.2) is 16.1 Å². The second-order valence-corrected chi connectivity index (χ2v) is 6.75. The average Bonchev–Trinajstić information content (AvgIpc) is 3.11. The van der Waals surface area contributed by atoms with Crippen molar-refractivity contribution in [1.82, 2.24) is 9.88 Å². The molecule has 0 fully saturated rings. The summed E-state index contributed by atoms with van der Waals surface area (Å²) < 4.78 is 7.84. The summed E-state index contributed by atoms with van der Waals surface area (Å²) in [6.45, 7) is 6.76. The Bertz CT molecular complexity index is 689. The van der Waals surface area contributed by atoms with Crippen molar-refractivity contribution >= 4 is 5.91 Å². The molecule has 2 heterocycles. The summed E-state index contributed by atoms with van der Waals surface area (Å²) >= 11 is 0. The van der Waals surface area contributed by atoms with E-state index in [1.54, 1.807) is 0 Å². The van der Waals surface area contributed by atoms with Gasteiger partial charge in [0.1, 0.15) is 17.4 Å². The normalized spacial score (nSPS) is 16.5. The van der Waals surface area contributed by atoms with Crippen LogP contribution in [0, 0.1) is 0 Å². The number of aromatic nitrogens is 1. The van der Waals surface area contributed by atoms with Crippen molar-refractivity contribution in [3.8, 4) is 5.75 Å². The van der Waals surface area contributed by atoms with Crippen LogP contribution in [-0.2, 0) is 17.8 Å². The maximum Gasteiger partial charge on any atom is 0.243 e. The molecule has 122 valence electrons. The molecule has 1 aromatic carbocycles. The van der Waals surface area contributed by atoms with Gasteiger partial charge in [-0.3, -0.25) is 4.79 Å². The number of nitrogens with one attached hydrogen (secondary N) is 1. The number of ether oxygens (including phenoxy) is 1. The predicted octanol–water partition coefficient (Wildman–Crippen LogP) is 3.47. The van der Waals surface area contributed by atoms with Gasteiger partial charge in [-0.1, -0.05) is 19.1 Å². The van der Waals surface area contributed by atoms with E-state index in [4.69, 9.17) is 4.74 Å². The Labute approximate surface area is 137 Å². The van der Waals surface area contributed by atoms with Gasteiger partial charge in [0, 0.05) is 25.4 Å². The molecule has 0 saturated carbocycles. The van der Waals surface area contributed by atoms with Crippen LogP contribution < -0.4 is 10.1 Å². The highest BCUT2D eigenvalue weighted by Gasteiger charge is 2.29. The number of fused-ring (bicyclic) bond motifs is 1. The lowest BCUT2D eigenvalue weighted by Crippen LogP contribution is -2.31. The Balaban J connectivity index is 1.64. The molecule has 0 radical (unpaired) electrons. The smallest absolute Gasteiger partial charge is 0.243 e. The lowest BCUT2D eigenvalue weighted by Gasteiger charge is -2.17. The standard InChI is InChI=1S/C19H24N2O2/c1-4-16(21-9-5-6-10-21)18(22)20-13-14-7-8-17-15(11-14)12-19(2,3)23-17/h5-11,16H,4,12-13H2,1-3H3,(H,20,22)/t16-/m0/s1. The molecular formula is C19H24N2O2. The molecule has 0 unspecified atom stereocenters. The summed E-state index contributed by atoms with van der Waals surface area (Å²) in [6, 6.07) is 9.91. The lowest BCUT2D eigenvalue weighted by molar-refractivity contribution is -0.124. The summed E-state index contributed by atoms with van der Waals surface area (Å²) in [5.74, 6) is 1.02. The Morgan fingerprint density at radius 3 is 2.78 bits per heavy atom. The molecule has 0 spiro atoms. The number of rotatable bonds is 5. The molecule has 4 nitrogen and oxygen atoms in total. The van der Waals surface area contributed by atoms with E-state index in [0.29, 0.717) is 6.54 Å². The first kappa shape index (κ1) is 15.7. The Morgan fingerprint density at radius 1 is 1.35 bits per heavy atom. The van der Waals surface area contributed by atoms with Crippen LogP contribution in [0.5, 0.6) is 5.75 Å². The number of amides is 1. The van der Waals surface area contributed by atoms with Crippen LogP contribution in [0.25, 0.3) is 0 Å². The number of hydrogen-bond acceptors (Lipinski definition) is 2. The van der Waals surface area contributed by atoms with E-state index in [2.05, 4.69) is 25.2 Å². The zero-order valence-corrected chi connectivity index (χ0v) is 14.0. The van der Waals surface area contributed by atoms with E-state index in [9.17, 15) is 4.79 Å². The molecule has 1 amide bonds. The zero-order valence-electron chi connectivity index (χ0n) is 14.0. The topological polar surface area (TPSA) is 43.3 Å². The molecule has 1 aliphatic rings. The maximum absolute atomic E-state index is 12.4. The Hall–Kier alpha value is -2.23. The van der Waals surface area contributed by atoms with Crippen molar-refractivity contribution in [3.05, 3.63) is 53.9 Å². The molecule has 1 atom stereocenters. The fraction of sp³-hybridized carbons (Fsp3) is 0.421. The first-order valence-corrected chi connectivity index (χ1v) is 8.19. The molecule has 1 aliphatic heterocycles. The number of hydrogen-bond donors (Lipinski definition) is 1. The van der Waals surface area contributed by atoms with Gasteiger partial charge in [0.15, 0.2) is 0 Å². The van der Waals surface area contributed by atoms with Crippen molar-refractivity contribution in [3.63, 3.8) is 0 Å². The summed E-state index contributed by atoms with van der Waals surface area (Å²) in [5, 5.41) is 3.05. The second kappa shape index (κ2) is 6.11. The summed E-state index contributed by atoms with van der Waals surface area (Å²) in [4.78, 5) is 12.4. The highest BCUT2D eigenvalue weighted by atomic mass is 16.5. The van der Waals surface area contributed by atoms with E-state index in [-0.39, 0.29) is 17.6 Å². The van der Waals surface area contributed by atoms with Crippen molar-refractivity contribution in [2.24, 2.45) is 0 Å². The monoisotopic (exact) mass is 312 g/mol. The van der Waals surface area contributed by atoms with Crippen molar-refractivity contribution < 1.29 is 9.53 Å². The van der Waals surface area contributed by atoms with E-state index >= 15 is 0 Å². The van der Waals surface area contributed by atoms with Crippen molar-refractivity contribution in [2.45, 2.75) is 51.8 Å². The third-order valence-electron chi connectivity index (χ3n) is 4.27. The van der Waals surface area contributed by atoms with Gasteiger partial charge in [0.25, 0.3) is 0 Å². The SMILES string of the molecule is CC[C@@H](C(=O)NCc1ccc2c(c1)CC(C)(C)O2)n1cccc1. The summed E-state index contributed by atoms with van der Waals surface area (Å²) in [6.07, 6.45) is 5.54. The molecular weight excluding hydrogens is 288 g/mol. The van der Waals surface area contributed by atoms with Gasteiger partial charge < -0.3 is 14.6 Å². The van der Waals surface area contributed by atoms with E-state index in [1.807, 2.05) is 48.1 Å². The minimum atomic E-state index is -0.151.